The van der Waals surface area contributed by atoms with Crippen LogP contribution < -0.4 is 14.9 Å². The second-order valence-electron chi connectivity index (χ2n) is 4.98. The van der Waals surface area contributed by atoms with Crippen molar-refractivity contribution in [2.45, 2.75) is 13.3 Å². The highest BCUT2D eigenvalue weighted by atomic mass is 16.5. The first kappa shape index (κ1) is 17.3. The van der Waals surface area contributed by atoms with E-state index < -0.39 is 0 Å². The van der Waals surface area contributed by atoms with Crippen LogP contribution >= 0.6 is 0 Å². The minimum absolute atomic E-state index is 0.0993. The predicted octanol–water partition coefficient (Wildman–Crippen LogP) is 2.49. The third-order valence-electron chi connectivity index (χ3n) is 3.18. The average molecular weight is 328 g/mol. The summed E-state index contributed by atoms with van der Waals surface area (Å²) >= 11 is 0. The zero-order valence-electron chi connectivity index (χ0n) is 13.7. The van der Waals surface area contributed by atoms with Gasteiger partial charge < -0.3 is 14.6 Å². The molecule has 2 N–H and O–H groups in total. The van der Waals surface area contributed by atoms with Crippen LogP contribution in [0.1, 0.15) is 18.1 Å². The van der Waals surface area contributed by atoms with E-state index >= 15 is 0 Å². The van der Waals surface area contributed by atoms with Crippen LogP contribution in [0.4, 0.5) is 0 Å². The molecule has 0 heterocycles. The van der Waals surface area contributed by atoms with Crippen molar-refractivity contribution in [2.75, 3.05) is 13.7 Å². The summed E-state index contributed by atoms with van der Waals surface area (Å²) in [7, 11) is 1.50. The number of methoxy groups -OCH3 is 1. The number of carbonyl (C=O) groups is 1. The third kappa shape index (κ3) is 5.01. The molecular weight excluding hydrogens is 308 g/mol. The lowest BCUT2D eigenvalue weighted by Crippen LogP contribution is -2.19. The monoisotopic (exact) mass is 328 g/mol. The molecule has 0 aliphatic heterocycles. The Balaban J connectivity index is 1.94. The van der Waals surface area contributed by atoms with Crippen LogP contribution in [-0.4, -0.2) is 30.9 Å². The molecule has 0 saturated carbocycles. The zero-order valence-corrected chi connectivity index (χ0v) is 13.7. The van der Waals surface area contributed by atoms with Crippen molar-refractivity contribution in [3.63, 3.8) is 0 Å². The maximum absolute atomic E-state index is 11.9. The van der Waals surface area contributed by atoms with Crippen LogP contribution in [-0.2, 0) is 11.2 Å². The first-order valence-corrected chi connectivity index (χ1v) is 7.53. The van der Waals surface area contributed by atoms with E-state index in [-0.39, 0.29) is 18.1 Å². The smallest absolute Gasteiger partial charge is 0.244 e. The Morgan fingerprint density at radius 1 is 1.29 bits per heavy atom. The third-order valence-corrected chi connectivity index (χ3v) is 3.18. The lowest BCUT2D eigenvalue weighted by Gasteiger charge is -2.06. The van der Waals surface area contributed by atoms with Gasteiger partial charge in [-0.25, -0.2) is 5.43 Å². The second-order valence-corrected chi connectivity index (χ2v) is 4.98. The maximum atomic E-state index is 11.9. The van der Waals surface area contributed by atoms with Gasteiger partial charge in [0.15, 0.2) is 0 Å². The number of phenolic OH excluding ortho intramolecular Hbond substituents is 1. The first-order valence-electron chi connectivity index (χ1n) is 7.53. The number of hydrogen-bond donors (Lipinski definition) is 2. The molecule has 0 aliphatic carbocycles. The Labute approximate surface area is 140 Å². The summed E-state index contributed by atoms with van der Waals surface area (Å²) in [6.07, 6.45) is 1.66. The molecule has 0 radical (unpaired) electrons. The van der Waals surface area contributed by atoms with Gasteiger partial charge >= 0.3 is 0 Å². The zero-order chi connectivity index (χ0) is 17.4. The van der Waals surface area contributed by atoms with Crippen LogP contribution in [0.2, 0.25) is 0 Å². The SMILES string of the molecule is CCOc1cccc(CC(=O)N/N=C/c2ccc(O)cc2OC)c1. The van der Waals surface area contributed by atoms with Gasteiger partial charge in [0.2, 0.25) is 5.91 Å². The number of hydrazone groups is 1. The van der Waals surface area contributed by atoms with Gasteiger partial charge in [0.25, 0.3) is 0 Å². The number of nitrogens with one attached hydrogen (secondary N) is 1. The largest absolute Gasteiger partial charge is 0.508 e. The quantitative estimate of drug-likeness (QED) is 0.604. The average Bonchev–Trinajstić information content (AvgIpc) is 2.56. The Morgan fingerprint density at radius 2 is 2.12 bits per heavy atom. The number of phenols is 1. The molecule has 0 aromatic heterocycles. The van der Waals surface area contributed by atoms with E-state index in [0.29, 0.717) is 17.9 Å². The number of nitrogens with zero attached hydrogens (tertiary/aromatic N) is 1. The number of ether oxygens (including phenoxy) is 2. The molecule has 24 heavy (non-hydrogen) atoms. The van der Waals surface area contributed by atoms with Gasteiger partial charge in [-0.1, -0.05) is 12.1 Å². The van der Waals surface area contributed by atoms with E-state index in [4.69, 9.17) is 9.47 Å². The number of hydrogen-bond acceptors (Lipinski definition) is 5. The van der Waals surface area contributed by atoms with Crippen molar-refractivity contribution in [1.82, 2.24) is 5.43 Å². The molecule has 0 saturated heterocycles. The van der Waals surface area contributed by atoms with Crippen molar-refractivity contribution < 1.29 is 19.4 Å². The summed E-state index contributed by atoms with van der Waals surface area (Å²) in [6.45, 7) is 2.49. The predicted molar refractivity (Wildman–Crippen MR) is 91.7 cm³/mol. The second kappa shape index (κ2) is 8.57. The Morgan fingerprint density at radius 3 is 2.88 bits per heavy atom. The van der Waals surface area contributed by atoms with E-state index in [1.165, 1.54) is 25.5 Å². The normalized spacial score (nSPS) is 10.6. The summed E-state index contributed by atoms with van der Waals surface area (Å²) in [6, 6.07) is 12.0. The molecule has 126 valence electrons. The molecule has 2 rings (SSSR count). The van der Waals surface area contributed by atoms with Crippen LogP contribution in [0.25, 0.3) is 0 Å². The van der Waals surface area contributed by atoms with Crippen molar-refractivity contribution in [2.24, 2.45) is 5.10 Å². The number of carbonyl (C=O) groups excluding carboxylic acids is 1. The molecule has 0 aliphatic rings. The van der Waals surface area contributed by atoms with E-state index in [2.05, 4.69) is 10.5 Å². The fraction of sp³-hybridized carbons (Fsp3) is 0.222. The highest BCUT2D eigenvalue weighted by Crippen LogP contribution is 2.22. The summed E-state index contributed by atoms with van der Waals surface area (Å²) < 4.78 is 10.5. The van der Waals surface area contributed by atoms with Gasteiger partial charge in [-0.15, -0.1) is 0 Å². The summed E-state index contributed by atoms with van der Waals surface area (Å²) in [5.41, 5.74) is 3.96. The molecule has 1 amide bonds. The molecule has 0 bridgehead atoms. The summed E-state index contributed by atoms with van der Waals surface area (Å²) in [5, 5.41) is 13.3. The maximum Gasteiger partial charge on any atom is 0.244 e. The molecule has 2 aromatic rings. The number of aromatic hydroxyl groups is 1. The lowest BCUT2D eigenvalue weighted by molar-refractivity contribution is -0.120. The van der Waals surface area contributed by atoms with Crippen LogP contribution in [0.3, 0.4) is 0 Å². The van der Waals surface area contributed by atoms with Crippen LogP contribution in [0.15, 0.2) is 47.6 Å². The molecular formula is C18H20N2O4. The van der Waals surface area contributed by atoms with Gasteiger partial charge in [-0.05, 0) is 36.8 Å². The highest BCUT2D eigenvalue weighted by molar-refractivity contribution is 5.86. The van der Waals surface area contributed by atoms with Gasteiger partial charge in [-0.3, -0.25) is 4.79 Å². The molecule has 0 fully saturated rings. The van der Waals surface area contributed by atoms with E-state index in [9.17, 15) is 9.90 Å². The van der Waals surface area contributed by atoms with Crippen molar-refractivity contribution in [1.29, 1.82) is 0 Å². The molecule has 0 atom stereocenters. The van der Waals surface area contributed by atoms with E-state index in [0.717, 1.165) is 11.3 Å². The van der Waals surface area contributed by atoms with E-state index in [1.54, 1.807) is 6.07 Å². The summed E-state index contributed by atoms with van der Waals surface area (Å²) in [5.74, 6) is 1.07. The number of benzene rings is 2. The number of amides is 1. The topological polar surface area (TPSA) is 80.2 Å². The van der Waals surface area contributed by atoms with Gasteiger partial charge in [0, 0.05) is 11.6 Å². The Bertz CT molecular complexity index is 729. The Kier molecular flexibility index (Phi) is 6.19. The van der Waals surface area contributed by atoms with E-state index in [1.807, 2.05) is 31.2 Å². The van der Waals surface area contributed by atoms with Crippen molar-refractivity contribution in [3.05, 3.63) is 53.6 Å². The Hall–Kier alpha value is -3.02. The van der Waals surface area contributed by atoms with Crippen LogP contribution in [0, 0.1) is 0 Å². The molecule has 6 nitrogen and oxygen atoms in total. The van der Waals surface area contributed by atoms with Gasteiger partial charge in [0.05, 0.1) is 26.4 Å². The molecule has 0 unspecified atom stereocenters. The molecule has 0 spiro atoms. The fourth-order valence-electron chi connectivity index (χ4n) is 2.12. The minimum atomic E-state index is -0.238. The standard InChI is InChI=1S/C18H20N2O4/c1-3-24-16-6-4-5-13(9-16)10-18(22)20-19-12-14-7-8-15(21)11-17(14)23-2/h4-9,11-12,21H,3,10H2,1-2H3,(H,20,22)/b19-12+. The van der Waals surface area contributed by atoms with Gasteiger partial charge in [-0.2, -0.15) is 5.10 Å². The molecule has 6 heteroatoms. The van der Waals surface area contributed by atoms with Gasteiger partial charge in [0.1, 0.15) is 17.2 Å². The van der Waals surface area contributed by atoms with Crippen LogP contribution in [0.5, 0.6) is 17.2 Å². The molecule has 2 aromatic carbocycles. The fourth-order valence-corrected chi connectivity index (χ4v) is 2.12. The number of rotatable bonds is 7. The summed E-state index contributed by atoms with van der Waals surface area (Å²) in [4.78, 5) is 11.9. The highest BCUT2D eigenvalue weighted by Gasteiger charge is 2.05. The minimum Gasteiger partial charge on any atom is -0.508 e. The lowest BCUT2D eigenvalue weighted by atomic mass is 10.1. The van der Waals surface area contributed by atoms with Crippen molar-refractivity contribution >= 4 is 12.1 Å². The van der Waals surface area contributed by atoms with Crippen molar-refractivity contribution in [3.8, 4) is 17.2 Å². The first-order chi connectivity index (χ1) is 11.6.